The fourth-order valence-corrected chi connectivity index (χ4v) is 4.15. The number of likely N-dealkylation sites (tertiary alicyclic amines) is 1. The fourth-order valence-electron chi connectivity index (χ4n) is 3.27. The quantitative estimate of drug-likeness (QED) is 0.835. The highest BCUT2D eigenvalue weighted by Gasteiger charge is 2.36. The molecule has 3 rings (SSSR count). The van der Waals surface area contributed by atoms with Gasteiger partial charge in [-0.05, 0) is 29.9 Å². The monoisotopic (exact) mass is 348 g/mol. The minimum absolute atomic E-state index is 0.0772. The van der Waals surface area contributed by atoms with Crippen molar-refractivity contribution < 1.29 is 14.3 Å². The molecule has 2 aliphatic rings. The van der Waals surface area contributed by atoms with Crippen molar-refractivity contribution in [1.29, 1.82) is 0 Å². The highest BCUT2D eigenvalue weighted by molar-refractivity contribution is 7.99. The van der Waals surface area contributed by atoms with Crippen LogP contribution in [-0.4, -0.2) is 59.9 Å². The molecule has 0 bridgehead atoms. The Morgan fingerprint density at radius 2 is 2.04 bits per heavy atom. The molecule has 0 spiro atoms. The van der Waals surface area contributed by atoms with E-state index >= 15 is 0 Å². The van der Waals surface area contributed by atoms with Gasteiger partial charge < -0.3 is 14.5 Å². The molecule has 1 aromatic rings. The summed E-state index contributed by atoms with van der Waals surface area (Å²) in [4.78, 5) is 28.8. The molecule has 2 amide bonds. The van der Waals surface area contributed by atoms with E-state index in [9.17, 15) is 9.59 Å². The molecule has 0 N–H and O–H groups in total. The number of carbonyl (C=O) groups is 2. The summed E-state index contributed by atoms with van der Waals surface area (Å²) in [5.74, 6) is 2.98. The number of benzene rings is 1. The number of ether oxygens (including phenoxy) is 1. The van der Waals surface area contributed by atoms with E-state index < -0.39 is 0 Å². The van der Waals surface area contributed by atoms with Crippen LogP contribution in [0.25, 0.3) is 0 Å². The molecule has 5 nitrogen and oxygen atoms in total. The predicted octanol–water partition coefficient (Wildman–Crippen LogP) is 2.01. The van der Waals surface area contributed by atoms with Crippen molar-refractivity contribution in [3.05, 3.63) is 29.8 Å². The van der Waals surface area contributed by atoms with Crippen molar-refractivity contribution >= 4 is 23.6 Å². The van der Waals surface area contributed by atoms with Gasteiger partial charge in [0, 0.05) is 38.4 Å². The number of hydrogen-bond acceptors (Lipinski definition) is 4. The second-order valence-corrected chi connectivity index (χ2v) is 7.54. The highest BCUT2D eigenvalue weighted by atomic mass is 32.2. The Balaban J connectivity index is 1.59. The van der Waals surface area contributed by atoms with Gasteiger partial charge in [0.15, 0.2) is 0 Å². The number of hydrogen-bond donors (Lipinski definition) is 0. The van der Waals surface area contributed by atoms with Crippen LogP contribution >= 0.6 is 11.8 Å². The van der Waals surface area contributed by atoms with Gasteiger partial charge in [-0.2, -0.15) is 11.8 Å². The van der Waals surface area contributed by atoms with Gasteiger partial charge in [0.2, 0.25) is 11.8 Å². The van der Waals surface area contributed by atoms with Crippen molar-refractivity contribution in [3.8, 4) is 5.75 Å². The second-order valence-electron chi connectivity index (χ2n) is 6.31. The molecule has 130 valence electrons. The van der Waals surface area contributed by atoms with E-state index in [4.69, 9.17) is 4.74 Å². The van der Waals surface area contributed by atoms with Crippen LogP contribution in [0.3, 0.4) is 0 Å². The third-order valence-electron chi connectivity index (χ3n) is 4.63. The second kappa shape index (κ2) is 7.92. The number of nitrogens with zero attached hydrogens (tertiary/aromatic N) is 2. The fraction of sp³-hybridized carbons (Fsp3) is 0.556. The molecule has 2 saturated heterocycles. The Morgan fingerprint density at radius 3 is 2.79 bits per heavy atom. The molecule has 0 saturated carbocycles. The number of rotatable bonds is 4. The standard InChI is InChI=1S/C18H24N2O3S/c1-23-16-5-3-14(4-6-16)12-20-13-15(11-17(20)21)18(22)19-7-2-9-24-10-8-19/h3-6,15H,2,7-13H2,1H3. The van der Waals surface area contributed by atoms with Crippen LogP contribution in [0.15, 0.2) is 24.3 Å². The topological polar surface area (TPSA) is 49.9 Å². The molecule has 1 unspecified atom stereocenters. The van der Waals surface area contributed by atoms with E-state index in [0.29, 0.717) is 19.5 Å². The van der Waals surface area contributed by atoms with E-state index in [2.05, 4.69) is 0 Å². The van der Waals surface area contributed by atoms with Crippen LogP contribution < -0.4 is 4.74 Å². The zero-order valence-corrected chi connectivity index (χ0v) is 14.9. The molecule has 1 atom stereocenters. The van der Waals surface area contributed by atoms with Crippen molar-refractivity contribution in [2.75, 3.05) is 38.2 Å². The Morgan fingerprint density at radius 1 is 1.25 bits per heavy atom. The average Bonchev–Trinajstić information content (AvgIpc) is 2.80. The van der Waals surface area contributed by atoms with E-state index in [1.807, 2.05) is 40.9 Å². The van der Waals surface area contributed by atoms with E-state index in [1.54, 1.807) is 12.0 Å². The van der Waals surface area contributed by atoms with Crippen molar-refractivity contribution in [2.24, 2.45) is 5.92 Å². The van der Waals surface area contributed by atoms with Crippen LogP contribution in [0, 0.1) is 5.92 Å². The van der Waals surface area contributed by atoms with E-state index in [1.165, 1.54) is 0 Å². The van der Waals surface area contributed by atoms with Crippen LogP contribution in [-0.2, 0) is 16.1 Å². The van der Waals surface area contributed by atoms with Crippen LogP contribution in [0.1, 0.15) is 18.4 Å². The zero-order valence-electron chi connectivity index (χ0n) is 14.1. The Kier molecular flexibility index (Phi) is 5.66. The number of carbonyl (C=O) groups excluding carboxylic acids is 2. The lowest BCUT2D eigenvalue weighted by Gasteiger charge is -2.23. The molecule has 24 heavy (non-hydrogen) atoms. The minimum Gasteiger partial charge on any atom is -0.497 e. The Labute approximate surface area is 147 Å². The van der Waals surface area contributed by atoms with Gasteiger partial charge in [-0.25, -0.2) is 0 Å². The predicted molar refractivity (Wildman–Crippen MR) is 95.0 cm³/mol. The molecule has 0 aromatic heterocycles. The molecule has 0 radical (unpaired) electrons. The van der Waals surface area contributed by atoms with Gasteiger partial charge in [0.05, 0.1) is 13.0 Å². The number of methoxy groups -OCH3 is 1. The first-order chi connectivity index (χ1) is 11.7. The third kappa shape index (κ3) is 4.04. The van der Waals surface area contributed by atoms with Crippen molar-refractivity contribution in [1.82, 2.24) is 9.80 Å². The number of amides is 2. The maximum absolute atomic E-state index is 12.7. The molecular formula is C18H24N2O3S. The largest absolute Gasteiger partial charge is 0.497 e. The summed E-state index contributed by atoms with van der Waals surface area (Å²) in [5, 5.41) is 0. The molecule has 2 fully saturated rings. The lowest BCUT2D eigenvalue weighted by Crippen LogP contribution is -2.38. The van der Waals surface area contributed by atoms with Gasteiger partial charge in [-0.3, -0.25) is 9.59 Å². The van der Waals surface area contributed by atoms with Crippen LogP contribution in [0.2, 0.25) is 0 Å². The highest BCUT2D eigenvalue weighted by Crippen LogP contribution is 2.24. The molecule has 0 aliphatic carbocycles. The summed E-state index contributed by atoms with van der Waals surface area (Å²) in [6.07, 6.45) is 1.39. The SMILES string of the molecule is COc1ccc(CN2CC(C(=O)N3CCCSCC3)CC2=O)cc1. The van der Waals surface area contributed by atoms with E-state index in [-0.39, 0.29) is 17.7 Å². The van der Waals surface area contributed by atoms with Gasteiger partial charge in [-0.15, -0.1) is 0 Å². The summed E-state index contributed by atoms with van der Waals surface area (Å²) in [7, 11) is 1.64. The zero-order chi connectivity index (χ0) is 16.9. The summed E-state index contributed by atoms with van der Waals surface area (Å²) >= 11 is 1.90. The van der Waals surface area contributed by atoms with Crippen LogP contribution in [0.5, 0.6) is 5.75 Å². The van der Waals surface area contributed by atoms with Gasteiger partial charge >= 0.3 is 0 Å². The molecule has 2 heterocycles. The van der Waals surface area contributed by atoms with Gasteiger partial charge in [0.1, 0.15) is 5.75 Å². The summed E-state index contributed by atoms with van der Waals surface area (Å²) < 4.78 is 5.15. The number of thioether (sulfide) groups is 1. The summed E-state index contributed by atoms with van der Waals surface area (Å²) in [6, 6.07) is 7.72. The molecular weight excluding hydrogens is 324 g/mol. The first-order valence-corrected chi connectivity index (χ1v) is 9.60. The van der Waals surface area contributed by atoms with E-state index in [0.717, 1.165) is 42.3 Å². The van der Waals surface area contributed by atoms with Gasteiger partial charge in [-0.1, -0.05) is 12.1 Å². The average molecular weight is 348 g/mol. The Hall–Kier alpha value is -1.69. The first kappa shape index (κ1) is 17.1. The summed E-state index contributed by atoms with van der Waals surface area (Å²) in [5.41, 5.74) is 1.06. The van der Waals surface area contributed by atoms with Crippen molar-refractivity contribution in [2.45, 2.75) is 19.4 Å². The summed E-state index contributed by atoms with van der Waals surface area (Å²) in [6.45, 7) is 2.73. The minimum atomic E-state index is -0.182. The third-order valence-corrected chi connectivity index (χ3v) is 5.68. The molecule has 2 aliphatic heterocycles. The molecule has 6 heteroatoms. The maximum atomic E-state index is 12.7. The van der Waals surface area contributed by atoms with Gasteiger partial charge in [0.25, 0.3) is 0 Å². The smallest absolute Gasteiger partial charge is 0.228 e. The molecule has 1 aromatic carbocycles. The van der Waals surface area contributed by atoms with Crippen LogP contribution in [0.4, 0.5) is 0 Å². The maximum Gasteiger partial charge on any atom is 0.228 e. The normalized spacial score (nSPS) is 21.7. The lowest BCUT2D eigenvalue weighted by atomic mass is 10.1. The lowest BCUT2D eigenvalue weighted by molar-refractivity contribution is -0.135. The Bertz CT molecular complexity index is 582. The first-order valence-electron chi connectivity index (χ1n) is 8.44. The van der Waals surface area contributed by atoms with Crippen molar-refractivity contribution in [3.63, 3.8) is 0 Å².